The lowest BCUT2D eigenvalue weighted by Gasteiger charge is -2.21. The molecule has 0 aliphatic heterocycles. The van der Waals surface area contributed by atoms with Crippen molar-refractivity contribution >= 4 is 23.0 Å². The zero-order chi connectivity index (χ0) is 13.0. The molecule has 2 rings (SSSR count). The first-order valence-corrected chi connectivity index (χ1v) is 6.80. The van der Waals surface area contributed by atoms with Gasteiger partial charge in [-0.05, 0) is 6.42 Å². The molecular formula is C12H17N5S. The Hall–Kier alpha value is -1.69. The highest BCUT2D eigenvalue weighted by Gasteiger charge is 2.13. The first kappa shape index (κ1) is 12.8. The van der Waals surface area contributed by atoms with Crippen LogP contribution in [-0.2, 0) is 13.0 Å². The largest absolute Gasteiger partial charge is 0.373 e. The Labute approximate surface area is 111 Å². The highest BCUT2D eigenvalue weighted by molar-refractivity contribution is 7.07. The second kappa shape index (κ2) is 5.77. The van der Waals surface area contributed by atoms with Crippen molar-refractivity contribution in [2.45, 2.75) is 19.9 Å². The summed E-state index contributed by atoms with van der Waals surface area (Å²) in [7, 11) is 3.91. The average Bonchev–Trinajstić information content (AvgIpc) is 2.90. The van der Waals surface area contributed by atoms with E-state index in [1.54, 1.807) is 17.7 Å². The van der Waals surface area contributed by atoms with E-state index in [9.17, 15) is 0 Å². The van der Waals surface area contributed by atoms with Gasteiger partial charge in [0.15, 0.2) is 0 Å². The van der Waals surface area contributed by atoms with Crippen LogP contribution in [0.3, 0.4) is 0 Å². The van der Waals surface area contributed by atoms with E-state index < -0.39 is 0 Å². The standard InChI is InChI=1S/C12H17N5S/c1-4-10-11(13-2)14-7-15-12(10)17(3)5-9-6-18-8-16-9/h6-8H,4-5H2,1-3H3,(H,13,14,15). The third kappa shape index (κ3) is 2.59. The topological polar surface area (TPSA) is 53.9 Å². The van der Waals surface area contributed by atoms with Gasteiger partial charge in [0.1, 0.15) is 18.0 Å². The molecule has 2 aromatic heterocycles. The van der Waals surface area contributed by atoms with Gasteiger partial charge >= 0.3 is 0 Å². The smallest absolute Gasteiger partial charge is 0.137 e. The molecule has 0 aromatic carbocycles. The van der Waals surface area contributed by atoms with Crippen LogP contribution >= 0.6 is 11.3 Å². The second-order valence-corrected chi connectivity index (χ2v) is 4.68. The Balaban J connectivity index is 2.26. The molecule has 0 aliphatic carbocycles. The molecule has 5 nitrogen and oxygen atoms in total. The molecule has 2 heterocycles. The Morgan fingerprint density at radius 2 is 2.17 bits per heavy atom. The van der Waals surface area contributed by atoms with Crippen LogP contribution in [0.25, 0.3) is 0 Å². The molecule has 0 saturated carbocycles. The third-order valence-corrected chi connectivity index (χ3v) is 3.39. The molecule has 96 valence electrons. The fraction of sp³-hybridized carbons (Fsp3) is 0.417. The van der Waals surface area contributed by atoms with Crippen LogP contribution in [0.4, 0.5) is 11.6 Å². The van der Waals surface area contributed by atoms with Crippen molar-refractivity contribution in [3.8, 4) is 0 Å². The van der Waals surface area contributed by atoms with Crippen molar-refractivity contribution < 1.29 is 0 Å². The van der Waals surface area contributed by atoms with Crippen molar-refractivity contribution in [3.63, 3.8) is 0 Å². The van der Waals surface area contributed by atoms with E-state index in [0.717, 1.165) is 35.9 Å². The summed E-state index contributed by atoms with van der Waals surface area (Å²) in [5.74, 6) is 1.86. The number of rotatable bonds is 5. The number of aromatic nitrogens is 3. The lowest BCUT2D eigenvalue weighted by Crippen LogP contribution is -2.20. The lowest BCUT2D eigenvalue weighted by atomic mass is 10.2. The van der Waals surface area contributed by atoms with Crippen LogP contribution in [0.1, 0.15) is 18.2 Å². The van der Waals surface area contributed by atoms with Crippen LogP contribution in [0.15, 0.2) is 17.2 Å². The van der Waals surface area contributed by atoms with Crippen LogP contribution < -0.4 is 10.2 Å². The molecule has 1 N–H and O–H groups in total. The Morgan fingerprint density at radius 3 is 2.78 bits per heavy atom. The Bertz CT molecular complexity index is 497. The summed E-state index contributed by atoms with van der Waals surface area (Å²) in [5, 5.41) is 5.17. The minimum Gasteiger partial charge on any atom is -0.373 e. The van der Waals surface area contributed by atoms with E-state index in [0.29, 0.717) is 0 Å². The molecule has 0 atom stereocenters. The van der Waals surface area contributed by atoms with Crippen LogP contribution in [-0.4, -0.2) is 29.0 Å². The summed E-state index contributed by atoms with van der Waals surface area (Å²) < 4.78 is 0. The third-order valence-electron chi connectivity index (χ3n) is 2.76. The summed E-state index contributed by atoms with van der Waals surface area (Å²) in [6.45, 7) is 2.87. The minimum absolute atomic E-state index is 0.761. The first-order valence-electron chi connectivity index (χ1n) is 5.86. The van der Waals surface area contributed by atoms with Gasteiger partial charge in [-0.1, -0.05) is 6.92 Å². The van der Waals surface area contributed by atoms with E-state index in [-0.39, 0.29) is 0 Å². The predicted octanol–water partition coefficient (Wildman–Crippen LogP) is 2.17. The van der Waals surface area contributed by atoms with Crippen molar-refractivity contribution in [1.82, 2.24) is 15.0 Å². The van der Waals surface area contributed by atoms with Gasteiger partial charge in [-0.2, -0.15) is 0 Å². The number of nitrogens with one attached hydrogen (secondary N) is 1. The number of hydrogen-bond donors (Lipinski definition) is 1. The maximum absolute atomic E-state index is 4.39. The van der Waals surface area contributed by atoms with Crippen molar-refractivity contribution in [1.29, 1.82) is 0 Å². The molecule has 0 unspecified atom stereocenters. The maximum atomic E-state index is 4.39. The molecule has 0 saturated heterocycles. The van der Waals surface area contributed by atoms with Gasteiger partial charge in [0.05, 0.1) is 17.7 Å². The van der Waals surface area contributed by atoms with E-state index in [4.69, 9.17) is 0 Å². The first-order chi connectivity index (χ1) is 8.76. The SMILES string of the molecule is CCc1c(NC)ncnc1N(C)Cc1cscn1. The fourth-order valence-corrected chi connectivity index (χ4v) is 2.46. The average molecular weight is 263 g/mol. The fourth-order valence-electron chi connectivity index (χ4n) is 1.91. The second-order valence-electron chi connectivity index (χ2n) is 3.96. The molecule has 0 bridgehead atoms. The van der Waals surface area contributed by atoms with Crippen LogP contribution in [0, 0.1) is 0 Å². The Kier molecular flexibility index (Phi) is 4.09. The molecule has 0 aliphatic rings. The number of anilines is 2. The maximum Gasteiger partial charge on any atom is 0.137 e. The molecule has 6 heteroatoms. The molecule has 18 heavy (non-hydrogen) atoms. The van der Waals surface area contributed by atoms with Gasteiger partial charge < -0.3 is 10.2 Å². The van der Waals surface area contributed by atoms with Gasteiger partial charge in [0, 0.05) is 25.0 Å². The van der Waals surface area contributed by atoms with Gasteiger partial charge in [0.25, 0.3) is 0 Å². The molecular weight excluding hydrogens is 246 g/mol. The number of thiazole rings is 1. The predicted molar refractivity (Wildman–Crippen MR) is 75.2 cm³/mol. The van der Waals surface area contributed by atoms with Gasteiger partial charge in [-0.3, -0.25) is 0 Å². The molecule has 2 aromatic rings. The van der Waals surface area contributed by atoms with Crippen LogP contribution in [0.2, 0.25) is 0 Å². The molecule has 0 radical (unpaired) electrons. The van der Waals surface area contributed by atoms with Gasteiger partial charge in [-0.15, -0.1) is 11.3 Å². The zero-order valence-electron chi connectivity index (χ0n) is 10.8. The molecule has 0 amide bonds. The van der Waals surface area contributed by atoms with E-state index in [1.807, 2.05) is 19.6 Å². The van der Waals surface area contributed by atoms with Gasteiger partial charge in [0.2, 0.25) is 0 Å². The normalized spacial score (nSPS) is 10.4. The summed E-state index contributed by atoms with van der Waals surface area (Å²) in [6, 6.07) is 0. The van der Waals surface area contributed by atoms with Gasteiger partial charge in [-0.25, -0.2) is 15.0 Å². The number of hydrogen-bond acceptors (Lipinski definition) is 6. The summed E-state index contributed by atoms with van der Waals surface area (Å²) in [6.07, 6.45) is 2.49. The van der Waals surface area contributed by atoms with E-state index in [1.165, 1.54) is 0 Å². The van der Waals surface area contributed by atoms with Crippen molar-refractivity contribution in [2.24, 2.45) is 0 Å². The zero-order valence-corrected chi connectivity index (χ0v) is 11.7. The number of nitrogens with zero attached hydrogens (tertiary/aromatic N) is 4. The highest BCUT2D eigenvalue weighted by Crippen LogP contribution is 2.23. The summed E-state index contributed by atoms with van der Waals surface area (Å²) >= 11 is 1.61. The van der Waals surface area contributed by atoms with Crippen molar-refractivity contribution in [2.75, 3.05) is 24.3 Å². The Morgan fingerprint density at radius 1 is 1.33 bits per heavy atom. The summed E-state index contributed by atoms with van der Waals surface area (Å²) in [4.78, 5) is 15.0. The van der Waals surface area contributed by atoms with Crippen LogP contribution in [0.5, 0.6) is 0 Å². The summed E-state index contributed by atoms with van der Waals surface area (Å²) in [5.41, 5.74) is 4.05. The lowest BCUT2D eigenvalue weighted by molar-refractivity contribution is 0.853. The monoisotopic (exact) mass is 263 g/mol. The quantitative estimate of drug-likeness (QED) is 0.896. The highest BCUT2D eigenvalue weighted by atomic mass is 32.1. The molecule has 0 spiro atoms. The minimum atomic E-state index is 0.761. The van der Waals surface area contributed by atoms with E-state index >= 15 is 0 Å². The van der Waals surface area contributed by atoms with Crippen molar-refractivity contribution in [3.05, 3.63) is 28.5 Å². The van der Waals surface area contributed by atoms with E-state index in [2.05, 4.69) is 37.5 Å². The molecule has 0 fully saturated rings.